The number of piperidine rings is 1. The highest BCUT2D eigenvalue weighted by Gasteiger charge is 2.64. The average Bonchev–Trinajstić information content (AvgIpc) is 2.81. The lowest BCUT2D eigenvalue weighted by Gasteiger charge is -2.50. The van der Waals surface area contributed by atoms with Gasteiger partial charge in [0.05, 0.1) is 11.6 Å². The minimum Gasteiger partial charge on any atom is -0.508 e. The van der Waals surface area contributed by atoms with E-state index >= 15 is 0 Å². The zero-order valence-electron chi connectivity index (χ0n) is 20.3. The maximum absolute atomic E-state index is 13.9. The number of primary amides is 1. The smallest absolute Gasteiger partial charge is 0.255 e. The molecule has 1 unspecified atom stereocenters. The van der Waals surface area contributed by atoms with Gasteiger partial charge in [-0.25, -0.2) is 0 Å². The van der Waals surface area contributed by atoms with Crippen molar-refractivity contribution in [2.45, 2.75) is 43.7 Å². The molecule has 1 aromatic rings. The number of phenols is 1. The lowest BCUT2D eigenvalue weighted by atomic mass is 9.57. The summed E-state index contributed by atoms with van der Waals surface area (Å²) in [7, 11) is 3.17. The molecule has 10 heteroatoms. The summed E-state index contributed by atoms with van der Waals surface area (Å²) in [4.78, 5) is 42.8. The summed E-state index contributed by atoms with van der Waals surface area (Å²) in [5, 5.41) is 44.5. The Morgan fingerprint density at radius 1 is 1.11 bits per heavy atom. The first-order chi connectivity index (χ1) is 17.0. The van der Waals surface area contributed by atoms with E-state index in [9.17, 15) is 34.8 Å². The van der Waals surface area contributed by atoms with E-state index in [4.69, 9.17) is 5.73 Å². The molecule has 1 saturated carbocycles. The fraction of sp³-hybridized carbons (Fsp3) is 0.500. The minimum atomic E-state index is -2.62. The normalized spacial score (nSPS) is 30.3. The molecule has 0 radical (unpaired) electrons. The van der Waals surface area contributed by atoms with Crippen molar-refractivity contribution in [3.05, 3.63) is 40.2 Å². The molecule has 1 aromatic carbocycles. The van der Waals surface area contributed by atoms with E-state index in [1.807, 2.05) is 6.07 Å². The van der Waals surface area contributed by atoms with E-state index in [1.165, 1.54) is 11.0 Å². The van der Waals surface area contributed by atoms with Crippen LogP contribution in [0.3, 0.4) is 0 Å². The quantitative estimate of drug-likeness (QED) is 0.382. The first-order valence-electron chi connectivity index (χ1n) is 12.2. The largest absolute Gasteiger partial charge is 0.508 e. The Morgan fingerprint density at radius 2 is 1.78 bits per heavy atom. The van der Waals surface area contributed by atoms with E-state index in [0.717, 1.165) is 38.0 Å². The molecule has 6 N–H and O–H groups in total. The van der Waals surface area contributed by atoms with Crippen LogP contribution in [0.2, 0.25) is 0 Å². The van der Waals surface area contributed by atoms with E-state index in [-0.39, 0.29) is 23.3 Å². The molecular weight excluding hydrogens is 466 g/mol. The summed E-state index contributed by atoms with van der Waals surface area (Å²) in [6, 6.07) is 2.21. The number of nitrogens with two attached hydrogens (primary N) is 1. The van der Waals surface area contributed by atoms with Gasteiger partial charge in [0, 0.05) is 30.3 Å². The Hall–Kier alpha value is -3.37. The Balaban J connectivity index is 1.70. The van der Waals surface area contributed by atoms with Crippen molar-refractivity contribution < 1.29 is 34.8 Å². The number of hydrogen-bond acceptors (Lipinski definition) is 9. The molecule has 0 aromatic heterocycles. The van der Waals surface area contributed by atoms with E-state index < -0.39 is 58.0 Å². The number of amides is 1. The fourth-order valence-electron chi connectivity index (χ4n) is 6.66. The number of nitrogens with zero attached hydrogens (tertiary/aromatic N) is 2. The summed E-state index contributed by atoms with van der Waals surface area (Å²) in [6.45, 7) is 1.68. The van der Waals surface area contributed by atoms with Gasteiger partial charge >= 0.3 is 0 Å². The molecule has 0 bridgehead atoms. The van der Waals surface area contributed by atoms with Gasteiger partial charge in [-0.3, -0.25) is 19.3 Å². The number of ketones is 2. The molecule has 5 rings (SSSR count). The molecule has 1 aliphatic heterocycles. The number of hydrogen-bond donors (Lipinski definition) is 5. The number of carbonyl (C=O) groups excluding carboxylic acids is 3. The molecule has 36 heavy (non-hydrogen) atoms. The number of likely N-dealkylation sites (N-methyl/N-ethyl adjacent to an activating group) is 1. The lowest BCUT2D eigenvalue weighted by molar-refractivity contribution is -0.153. The van der Waals surface area contributed by atoms with Crippen LogP contribution < -0.4 is 10.6 Å². The minimum absolute atomic E-state index is 0.0842. The second-order valence-corrected chi connectivity index (χ2v) is 10.5. The van der Waals surface area contributed by atoms with E-state index in [2.05, 4.69) is 4.90 Å². The van der Waals surface area contributed by atoms with Gasteiger partial charge in [0.15, 0.2) is 11.4 Å². The number of fused-ring (bicyclic) bond motifs is 3. The maximum atomic E-state index is 13.9. The number of aliphatic hydroxyl groups excluding tert-OH is 2. The van der Waals surface area contributed by atoms with Crippen LogP contribution in [0, 0.1) is 11.8 Å². The van der Waals surface area contributed by atoms with Crippen LogP contribution in [-0.4, -0.2) is 81.6 Å². The number of Topliss-reactive ketones (excluding diaryl/α,β-unsaturated/α-hetero) is 2. The SMILES string of the molecule is CN(C)C1C(=O)C(C(N)=O)=C(O)[C@@]2(O)C(=O)C3=C(O)c4c(O)ccc(N5CCCCC5)c4C[C@H]3C[C@@H]12. The van der Waals surface area contributed by atoms with Gasteiger partial charge in [0.2, 0.25) is 5.78 Å². The van der Waals surface area contributed by atoms with E-state index in [0.29, 0.717) is 12.0 Å². The predicted octanol–water partition coefficient (Wildman–Crippen LogP) is 0.954. The number of aromatic hydroxyl groups is 1. The van der Waals surface area contributed by atoms with Gasteiger partial charge < -0.3 is 31.1 Å². The second kappa shape index (κ2) is 8.35. The van der Waals surface area contributed by atoms with Crippen molar-refractivity contribution in [3.63, 3.8) is 0 Å². The molecule has 1 saturated heterocycles. The number of carbonyl (C=O) groups is 3. The van der Waals surface area contributed by atoms with Crippen LogP contribution in [-0.2, 0) is 20.8 Å². The van der Waals surface area contributed by atoms with Gasteiger partial charge in [0.25, 0.3) is 5.91 Å². The highest BCUT2D eigenvalue weighted by Crippen LogP contribution is 2.53. The maximum Gasteiger partial charge on any atom is 0.255 e. The highest BCUT2D eigenvalue weighted by atomic mass is 16.3. The Morgan fingerprint density at radius 3 is 2.39 bits per heavy atom. The first kappa shape index (κ1) is 24.3. The molecule has 1 heterocycles. The molecule has 2 fully saturated rings. The molecular formula is C26H31N3O7. The van der Waals surface area contributed by atoms with E-state index in [1.54, 1.807) is 14.1 Å². The fourth-order valence-corrected chi connectivity index (χ4v) is 6.66. The third-order valence-corrected chi connectivity index (χ3v) is 8.28. The topological polar surface area (TPSA) is 165 Å². The van der Waals surface area contributed by atoms with Gasteiger partial charge in [-0.2, -0.15) is 0 Å². The van der Waals surface area contributed by atoms with Crippen LogP contribution in [0.5, 0.6) is 5.75 Å². The number of anilines is 1. The third-order valence-electron chi connectivity index (χ3n) is 8.28. The van der Waals surface area contributed by atoms with Crippen molar-refractivity contribution in [2.75, 3.05) is 32.1 Å². The summed E-state index contributed by atoms with van der Waals surface area (Å²) < 4.78 is 0. The van der Waals surface area contributed by atoms with Gasteiger partial charge in [-0.05, 0) is 69.8 Å². The molecule has 192 valence electrons. The first-order valence-corrected chi connectivity index (χ1v) is 12.2. The molecule has 10 nitrogen and oxygen atoms in total. The van der Waals surface area contributed by atoms with Crippen LogP contribution in [0.4, 0.5) is 5.69 Å². The summed E-state index contributed by atoms with van der Waals surface area (Å²) in [6.07, 6.45) is 3.57. The summed E-state index contributed by atoms with van der Waals surface area (Å²) in [5.41, 5.74) is 3.51. The Kier molecular flexibility index (Phi) is 5.64. The molecule has 3 aliphatic carbocycles. The number of rotatable bonds is 3. The van der Waals surface area contributed by atoms with Crippen LogP contribution in [0.15, 0.2) is 29.0 Å². The molecule has 4 atom stereocenters. The standard InChI is InChI=1S/C26H31N3O7/c1-28(2)20-14-11-12-10-13-15(29-8-4-3-5-9-29)6-7-16(30)18(13)21(31)17(12)23(33)26(14,36)24(34)19(22(20)32)25(27)35/h6-7,12,14,20,30-31,34,36H,3-5,8-11H2,1-2H3,(H2,27,35)/t12-,14-,20?,26-/m0/s1. The molecule has 4 aliphatic rings. The summed E-state index contributed by atoms with van der Waals surface area (Å²) in [5.74, 6) is -6.38. The Labute approximate surface area is 208 Å². The van der Waals surface area contributed by atoms with Crippen molar-refractivity contribution in [1.82, 2.24) is 4.90 Å². The predicted molar refractivity (Wildman–Crippen MR) is 130 cm³/mol. The zero-order valence-corrected chi connectivity index (χ0v) is 20.3. The zero-order chi connectivity index (χ0) is 26.1. The monoisotopic (exact) mass is 497 g/mol. The van der Waals surface area contributed by atoms with Gasteiger partial charge in [-0.1, -0.05) is 0 Å². The highest BCUT2D eigenvalue weighted by molar-refractivity contribution is 6.24. The number of aliphatic hydroxyl groups is 3. The average molecular weight is 498 g/mol. The number of benzene rings is 1. The van der Waals surface area contributed by atoms with Gasteiger partial charge in [0.1, 0.15) is 22.8 Å². The van der Waals surface area contributed by atoms with Crippen LogP contribution in [0.1, 0.15) is 36.8 Å². The van der Waals surface area contributed by atoms with Crippen molar-refractivity contribution in [3.8, 4) is 5.75 Å². The van der Waals surface area contributed by atoms with Crippen molar-refractivity contribution >= 4 is 28.9 Å². The molecule has 1 amide bonds. The molecule has 0 spiro atoms. The van der Waals surface area contributed by atoms with Gasteiger partial charge in [-0.15, -0.1) is 0 Å². The van der Waals surface area contributed by atoms with Crippen LogP contribution >= 0.6 is 0 Å². The van der Waals surface area contributed by atoms with Crippen molar-refractivity contribution in [2.24, 2.45) is 17.6 Å². The summed E-state index contributed by atoms with van der Waals surface area (Å²) >= 11 is 0. The lowest BCUT2D eigenvalue weighted by Crippen LogP contribution is -2.65. The van der Waals surface area contributed by atoms with Crippen LogP contribution in [0.25, 0.3) is 5.76 Å². The van der Waals surface area contributed by atoms with Crippen molar-refractivity contribution in [1.29, 1.82) is 0 Å². The third kappa shape index (κ3) is 3.20. The number of phenolic OH excluding ortho intramolecular Hbond substituents is 1. The second-order valence-electron chi connectivity index (χ2n) is 10.5. The Bertz CT molecular complexity index is 1240.